The standard InChI is InChI=1S/C8H6BClN2/c9-5-1-2-6-7(3-5)11-4-8(10)12-6/h1-4H,9H2. The van der Waals surface area contributed by atoms with Gasteiger partial charge in [-0.2, -0.15) is 0 Å². The van der Waals surface area contributed by atoms with Crippen LogP contribution in [0.3, 0.4) is 0 Å². The molecule has 1 aromatic carbocycles. The average Bonchev–Trinajstić information content (AvgIpc) is 2.05. The first kappa shape index (κ1) is 7.56. The van der Waals surface area contributed by atoms with Gasteiger partial charge in [-0.15, -0.1) is 0 Å². The van der Waals surface area contributed by atoms with Crippen molar-refractivity contribution in [2.45, 2.75) is 0 Å². The summed E-state index contributed by atoms with van der Waals surface area (Å²) in [5, 5.41) is 0.436. The van der Waals surface area contributed by atoms with Crippen molar-refractivity contribution in [2.24, 2.45) is 0 Å². The average molecular weight is 176 g/mol. The molecule has 1 aromatic heterocycles. The van der Waals surface area contributed by atoms with E-state index >= 15 is 0 Å². The fourth-order valence-corrected chi connectivity index (χ4v) is 1.24. The summed E-state index contributed by atoms with van der Waals surface area (Å²) in [6, 6.07) is 5.90. The second kappa shape index (κ2) is 2.75. The maximum Gasteiger partial charge on any atom is 0.148 e. The van der Waals surface area contributed by atoms with Crippen molar-refractivity contribution >= 4 is 35.9 Å². The molecule has 58 valence electrons. The second-order valence-corrected chi connectivity index (χ2v) is 3.07. The third-order valence-corrected chi connectivity index (χ3v) is 1.85. The van der Waals surface area contributed by atoms with Gasteiger partial charge in [0.05, 0.1) is 17.2 Å². The number of benzene rings is 1. The van der Waals surface area contributed by atoms with Gasteiger partial charge in [0, 0.05) is 0 Å². The van der Waals surface area contributed by atoms with Gasteiger partial charge in [-0.05, 0) is 12.1 Å². The molecule has 2 aromatic rings. The Hall–Kier alpha value is -1.09. The molecule has 0 amide bonds. The first-order valence-electron chi connectivity index (χ1n) is 3.64. The number of halogens is 1. The molecule has 0 unspecified atom stereocenters. The zero-order chi connectivity index (χ0) is 8.55. The lowest BCUT2D eigenvalue weighted by molar-refractivity contribution is 1.30. The normalized spacial score (nSPS) is 10.4. The lowest BCUT2D eigenvalue weighted by atomic mass is 9.96. The van der Waals surface area contributed by atoms with E-state index in [9.17, 15) is 0 Å². The van der Waals surface area contributed by atoms with Gasteiger partial charge < -0.3 is 0 Å². The van der Waals surface area contributed by atoms with Crippen LogP contribution in [0.25, 0.3) is 11.0 Å². The molecule has 0 aliphatic heterocycles. The molecule has 0 N–H and O–H groups in total. The molecule has 2 nitrogen and oxygen atoms in total. The second-order valence-electron chi connectivity index (χ2n) is 2.68. The molecule has 0 fully saturated rings. The van der Waals surface area contributed by atoms with Crippen molar-refractivity contribution in [3.8, 4) is 0 Å². The molecule has 0 atom stereocenters. The molecule has 2 rings (SSSR count). The molecular formula is C8H6BClN2. The summed E-state index contributed by atoms with van der Waals surface area (Å²) in [4.78, 5) is 8.27. The van der Waals surface area contributed by atoms with E-state index in [4.69, 9.17) is 11.6 Å². The minimum atomic E-state index is 0.436. The number of fused-ring (bicyclic) bond motifs is 1. The highest BCUT2D eigenvalue weighted by Crippen LogP contribution is 2.09. The van der Waals surface area contributed by atoms with E-state index in [0.717, 1.165) is 11.0 Å². The van der Waals surface area contributed by atoms with Crippen molar-refractivity contribution in [2.75, 3.05) is 0 Å². The third-order valence-electron chi connectivity index (χ3n) is 1.67. The fraction of sp³-hybridized carbons (Fsp3) is 0. The summed E-state index contributed by atoms with van der Waals surface area (Å²) in [7, 11) is 2.02. The third kappa shape index (κ3) is 1.28. The molecule has 1 heterocycles. The largest absolute Gasteiger partial charge is 0.251 e. The van der Waals surface area contributed by atoms with Gasteiger partial charge in [-0.3, -0.25) is 4.98 Å². The smallest absolute Gasteiger partial charge is 0.148 e. The van der Waals surface area contributed by atoms with Crippen molar-refractivity contribution in [1.82, 2.24) is 9.97 Å². The predicted molar refractivity (Wildman–Crippen MR) is 52.7 cm³/mol. The minimum Gasteiger partial charge on any atom is -0.251 e. The Balaban J connectivity index is 2.79. The summed E-state index contributed by atoms with van der Waals surface area (Å²) < 4.78 is 0. The number of hydrogen-bond donors (Lipinski definition) is 0. The van der Waals surface area contributed by atoms with Gasteiger partial charge in [0.2, 0.25) is 0 Å². The van der Waals surface area contributed by atoms with Gasteiger partial charge in [0.25, 0.3) is 0 Å². The van der Waals surface area contributed by atoms with Crippen LogP contribution in [0.1, 0.15) is 0 Å². The molecular weight excluding hydrogens is 170 g/mol. The van der Waals surface area contributed by atoms with Gasteiger partial charge in [0.1, 0.15) is 13.0 Å². The van der Waals surface area contributed by atoms with Crippen LogP contribution in [0.15, 0.2) is 24.4 Å². The SMILES string of the molecule is Bc1ccc2nc(Cl)cnc2c1. The lowest BCUT2D eigenvalue weighted by Gasteiger charge is -1.97. The van der Waals surface area contributed by atoms with Crippen LogP contribution in [0.2, 0.25) is 5.15 Å². The summed E-state index contributed by atoms with van der Waals surface area (Å²) in [6.07, 6.45) is 1.56. The number of aromatic nitrogens is 2. The summed E-state index contributed by atoms with van der Waals surface area (Å²) in [6.45, 7) is 0. The molecule has 0 saturated heterocycles. The number of hydrogen-bond acceptors (Lipinski definition) is 2. The van der Waals surface area contributed by atoms with E-state index in [0.29, 0.717) is 5.15 Å². The maximum absolute atomic E-state index is 5.68. The quantitative estimate of drug-likeness (QED) is 0.548. The first-order valence-corrected chi connectivity index (χ1v) is 4.02. The number of nitrogens with zero attached hydrogens (tertiary/aromatic N) is 2. The van der Waals surface area contributed by atoms with Crippen molar-refractivity contribution in [3.05, 3.63) is 29.5 Å². The van der Waals surface area contributed by atoms with Crippen LogP contribution in [-0.2, 0) is 0 Å². The summed E-state index contributed by atoms with van der Waals surface area (Å²) in [5.74, 6) is 0. The van der Waals surface area contributed by atoms with Crippen LogP contribution in [0.5, 0.6) is 0 Å². The highest BCUT2D eigenvalue weighted by molar-refractivity contribution is 6.33. The lowest BCUT2D eigenvalue weighted by Crippen LogP contribution is -2.01. The highest BCUT2D eigenvalue weighted by Gasteiger charge is 1.96. The Kier molecular flexibility index (Phi) is 1.73. The molecule has 0 saturated carbocycles. The van der Waals surface area contributed by atoms with E-state index in [-0.39, 0.29) is 0 Å². The minimum absolute atomic E-state index is 0.436. The first-order chi connectivity index (χ1) is 5.75. The maximum atomic E-state index is 5.68. The molecule has 0 radical (unpaired) electrons. The van der Waals surface area contributed by atoms with Crippen LogP contribution >= 0.6 is 11.6 Å². The van der Waals surface area contributed by atoms with E-state index in [1.807, 2.05) is 26.0 Å². The Bertz CT molecular complexity index is 389. The molecule has 0 bridgehead atoms. The molecule has 0 aliphatic carbocycles. The Morgan fingerprint density at radius 1 is 1.25 bits per heavy atom. The zero-order valence-corrected chi connectivity index (χ0v) is 7.34. The molecule has 0 aliphatic rings. The predicted octanol–water partition coefficient (Wildman–Crippen LogP) is 0.542. The Labute approximate surface area is 76.0 Å². The van der Waals surface area contributed by atoms with Crippen molar-refractivity contribution < 1.29 is 0 Å². The van der Waals surface area contributed by atoms with E-state index in [2.05, 4.69) is 9.97 Å². The number of rotatable bonds is 0. The Morgan fingerprint density at radius 2 is 2.08 bits per heavy atom. The Morgan fingerprint density at radius 3 is 2.92 bits per heavy atom. The highest BCUT2D eigenvalue weighted by atomic mass is 35.5. The van der Waals surface area contributed by atoms with E-state index in [1.165, 1.54) is 5.46 Å². The topological polar surface area (TPSA) is 25.8 Å². The molecule has 12 heavy (non-hydrogen) atoms. The fourth-order valence-electron chi connectivity index (χ4n) is 1.10. The van der Waals surface area contributed by atoms with Gasteiger partial charge in [-0.25, -0.2) is 4.98 Å². The van der Waals surface area contributed by atoms with Gasteiger partial charge in [-0.1, -0.05) is 23.1 Å². The molecule has 0 spiro atoms. The summed E-state index contributed by atoms with van der Waals surface area (Å²) in [5.41, 5.74) is 2.91. The van der Waals surface area contributed by atoms with Crippen molar-refractivity contribution in [1.29, 1.82) is 0 Å². The summed E-state index contributed by atoms with van der Waals surface area (Å²) >= 11 is 5.68. The van der Waals surface area contributed by atoms with E-state index < -0.39 is 0 Å². The monoisotopic (exact) mass is 176 g/mol. The zero-order valence-electron chi connectivity index (χ0n) is 6.58. The van der Waals surface area contributed by atoms with E-state index in [1.54, 1.807) is 6.20 Å². The van der Waals surface area contributed by atoms with Crippen LogP contribution < -0.4 is 5.46 Å². The van der Waals surface area contributed by atoms with Crippen molar-refractivity contribution in [3.63, 3.8) is 0 Å². The van der Waals surface area contributed by atoms with Crippen LogP contribution in [0, 0.1) is 0 Å². The van der Waals surface area contributed by atoms with Crippen LogP contribution in [0.4, 0.5) is 0 Å². The van der Waals surface area contributed by atoms with Crippen LogP contribution in [-0.4, -0.2) is 17.8 Å². The molecule has 4 heteroatoms. The van der Waals surface area contributed by atoms with Gasteiger partial charge >= 0.3 is 0 Å². The van der Waals surface area contributed by atoms with Gasteiger partial charge in [0.15, 0.2) is 0 Å².